The lowest BCUT2D eigenvalue weighted by molar-refractivity contribution is -0.149. The summed E-state index contributed by atoms with van der Waals surface area (Å²) in [5, 5.41) is 12.3. The van der Waals surface area contributed by atoms with Gasteiger partial charge in [0, 0.05) is 13.5 Å². The summed E-state index contributed by atoms with van der Waals surface area (Å²) < 4.78 is 7.52. The molecule has 0 aliphatic rings. The highest BCUT2D eigenvalue weighted by Gasteiger charge is 2.26. The molecule has 1 heterocycles. The molecule has 1 atom stereocenters. The van der Waals surface area contributed by atoms with Crippen LogP contribution in [0.3, 0.4) is 0 Å². The van der Waals surface area contributed by atoms with E-state index in [-0.39, 0.29) is 38.7 Å². The molecule has 3 aromatic carbocycles. The maximum Gasteiger partial charge on any atom is 0.335 e. The molecule has 41 heavy (non-hydrogen) atoms. The fraction of sp³-hybridized carbons (Fsp3) is 0.207. The Morgan fingerprint density at radius 3 is 2.20 bits per heavy atom. The van der Waals surface area contributed by atoms with E-state index < -0.39 is 41.2 Å². The predicted molar refractivity (Wildman–Crippen MR) is 154 cm³/mol. The van der Waals surface area contributed by atoms with Crippen LogP contribution in [0.25, 0.3) is 16.6 Å². The number of nitrogens with zero attached hydrogens (tertiary/aromatic N) is 2. The fourth-order valence-electron chi connectivity index (χ4n) is 4.29. The van der Waals surface area contributed by atoms with Crippen molar-refractivity contribution in [3.63, 3.8) is 0 Å². The van der Waals surface area contributed by atoms with E-state index in [9.17, 15) is 29.1 Å². The standard InChI is InChI=1S/C29H25Cl2N3O7/c1-15(2)41-28(39)22(32-25(35)24-20(30)5-4-6-21(24)31)13-16-7-10-18(11-8-16)34-26(36)19-14-17(27(37)38)9-12-23(19)33(3)29(34)40/h4-12,14-15,22H,13H2,1-3H3,(H,32,35)(H,37,38)/t22-/m0/s1. The third-order valence-electron chi connectivity index (χ3n) is 6.28. The summed E-state index contributed by atoms with van der Waals surface area (Å²) in [5.74, 6) is -2.53. The first-order chi connectivity index (χ1) is 19.4. The minimum absolute atomic E-state index is 0.0195. The first-order valence-corrected chi connectivity index (χ1v) is 13.2. The van der Waals surface area contributed by atoms with Crippen LogP contribution in [0.2, 0.25) is 10.0 Å². The van der Waals surface area contributed by atoms with Crippen LogP contribution in [0.1, 0.15) is 40.1 Å². The van der Waals surface area contributed by atoms with Gasteiger partial charge in [-0.3, -0.25) is 14.2 Å². The highest BCUT2D eigenvalue weighted by molar-refractivity contribution is 6.39. The van der Waals surface area contributed by atoms with Gasteiger partial charge in [0.2, 0.25) is 0 Å². The van der Waals surface area contributed by atoms with E-state index in [1.165, 1.54) is 54.1 Å². The Morgan fingerprint density at radius 2 is 1.61 bits per heavy atom. The van der Waals surface area contributed by atoms with Crippen LogP contribution in [0, 0.1) is 0 Å². The van der Waals surface area contributed by atoms with Crippen LogP contribution in [0.15, 0.2) is 70.3 Å². The molecule has 0 bridgehead atoms. The Kier molecular flexibility index (Phi) is 8.65. The summed E-state index contributed by atoms with van der Waals surface area (Å²) in [5.41, 5.74) is -0.264. The smallest absolute Gasteiger partial charge is 0.335 e. The molecule has 1 amide bonds. The van der Waals surface area contributed by atoms with Gasteiger partial charge < -0.3 is 15.2 Å². The van der Waals surface area contributed by atoms with Crippen LogP contribution in [-0.2, 0) is 23.0 Å². The van der Waals surface area contributed by atoms with Gasteiger partial charge >= 0.3 is 17.6 Å². The molecule has 212 valence electrons. The molecule has 0 fully saturated rings. The Morgan fingerprint density at radius 1 is 0.976 bits per heavy atom. The molecule has 12 heteroatoms. The number of ether oxygens (including phenoxy) is 1. The van der Waals surface area contributed by atoms with E-state index in [0.29, 0.717) is 11.1 Å². The minimum atomic E-state index is -1.20. The zero-order chi connectivity index (χ0) is 30.0. The quantitative estimate of drug-likeness (QED) is 0.293. The van der Waals surface area contributed by atoms with E-state index >= 15 is 0 Å². The van der Waals surface area contributed by atoms with E-state index in [4.69, 9.17) is 27.9 Å². The second-order valence-corrected chi connectivity index (χ2v) is 10.3. The molecule has 10 nitrogen and oxygen atoms in total. The van der Waals surface area contributed by atoms with Crippen molar-refractivity contribution in [3.05, 3.63) is 108 Å². The lowest BCUT2D eigenvalue weighted by Crippen LogP contribution is -2.44. The molecule has 4 aromatic rings. The van der Waals surface area contributed by atoms with Crippen molar-refractivity contribution in [2.24, 2.45) is 7.05 Å². The lowest BCUT2D eigenvalue weighted by Gasteiger charge is -2.20. The summed E-state index contributed by atoms with van der Waals surface area (Å²) in [7, 11) is 1.48. The van der Waals surface area contributed by atoms with Crippen molar-refractivity contribution in [2.45, 2.75) is 32.4 Å². The van der Waals surface area contributed by atoms with Crippen molar-refractivity contribution in [3.8, 4) is 5.69 Å². The third kappa shape index (κ3) is 6.18. The summed E-state index contributed by atoms with van der Waals surface area (Å²) >= 11 is 12.3. The monoisotopic (exact) mass is 597 g/mol. The number of aromatic nitrogens is 2. The number of amides is 1. The average Bonchev–Trinajstić information content (AvgIpc) is 2.91. The zero-order valence-corrected chi connectivity index (χ0v) is 23.7. The van der Waals surface area contributed by atoms with Gasteiger partial charge in [0.05, 0.1) is 43.9 Å². The highest BCUT2D eigenvalue weighted by atomic mass is 35.5. The Balaban J connectivity index is 1.68. The van der Waals surface area contributed by atoms with Crippen molar-refractivity contribution in [1.82, 2.24) is 14.5 Å². The van der Waals surface area contributed by atoms with Gasteiger partial charge in [-0.05, 0) is 61.9 Å². The number of nitrogens with one attached hydrogen (secondary N) is 1. The van der Waals surface area contributed by atoms with Crippen molar-refractivity contribution in [2.75, 3.05) is 0 Å². The summed E-state index contributed by atoms with van der Waals surface area (Å²) in [4.78, 5) is 63.6. The van der Waals surface area contributed by atoms with Crippen LogP contribution in [-0.4, -0.2) is 44.2 Å². The molecular formula is C29H25Cl2N3O7. The van der Waals surface area contributed by atoms with Crippen LogP contribution < -0.4 is 16.6 Å². The number of carboxylic acids is 1. The van der Waals surface area contributed by atoms with Gasteiger partial charge in [-0.2, -0.15) is 0 Å². The number of halogens is 2. The Labute approximate surface area is 243 Å². The topological polar surface area (TPSA) is 137 Å². The largest absolute Gasteiger partial charge is 0.478 e. The van der Waals surface area contributed by atoms with E-state index in [1.54, 1.807) is 32.0 Å². The van der Waals surface area contributed by atoms with Gasteiger partial charge in [-0.25, -0.2) is 19.0 Å². The van der Waals surface area contributed by atoms with Crippen LogP contribution in [0.4, 0.5) is 0 Å². The number of carboxylic acid groups (broad SMARTS) is 1. The van der Waals surface area contributed by atoms with Gasteiger partial charge in [-0.1, -0.05) is 41.4 Å². The zero-order valence-electron chi connectivity index (χ0n) is 22.2. The van der Waals surface area contributed by atoms with E-state index in [0.717, 1.165) is 4.57 Å². The van der Waals surface area contributed by atoms with Gasteiger partial charge in [0.25, 0.3) is 11.5 Å². The summed E-state index contributed by atoms with van der Waals surface area (Å²) in [6.07, 6.45) is -0.419. The second-order valence-electron chi connectivity index (χ2n) is 9.50. The minimum Gasteiger partial charge on any atom is -0.478 e. The first kappa shape index (κ1) is 29.6. The predicted octanol–water partition coefficient (Wildman–Crippen LogP) is 3.99. The molecule has 4 rings (SSSR count). The third-order valence-corrected chi connectivity index (χ3v) is 6.91. The first-order valence-electron chi connectivity index (χ1n) is 12.4. The molecule has 1 aromatic heterocycles. The highest BCUT2D eigenvalue weighted by Crippen LogP contribution is 2.24. The van der Waals surface area contributed by atoms with E-state index in [1.807, 2.05) is 0 Å². The molecule has 0 aliphatic heterocycles. The normalized spacial score (nSPS) is 11.9. The molecular weight excluding hydrogens is 573 g/mol. The average molecular weight is 598 g/mol. The second kappa shape index (κ2) is 12.0. The maximum atomic E-state index is 13.3. The van der Waals surface area contributed by atoms with Crippen molar-refractivity contribution in [1.29, 1.82) is 0 Å². The van der Waals surface area contributed by atoms with Crippen molar-refractivity contribution < 1.29 is 24.2 Å². The Bertz CT molecular complexity index is 1770. The number of benzene rings is 3. The van der Waals surface area contributed by atoms with Crippen LogP contribution >= 0.6 is 23.2 Å². The lowest BCUT2D eigenvalue weighted by atomic mass is 10.0. The molecule has 0 saturated heterocycles. The number of carbonyl (C=O) groups is 3. The molecule has 0 aliphatic carbocycles. The number of carbonyl (C=O) groups excluding carboxylic acids is 2. The van der Waals surface area contributed by atoms with Gasteiger partial charge in [0.15, 0.2) is 0 Å². The van der Waals surface area contributed by atoms with Gasteiger partial charge in [0.1, 0.15) is 6.04 Å². The molecule has 0 spiro atoms. The number of aryl methyl sites for hydroxylation is 1. The SMILES string of the molecule is CC(C)OC(=O)[C@H](Cc1ccc(-n2c(=O)c3cc(C(=O)O)ccc3n(C)c2=O)cc1)NC(=O)c1c(Cl)cccc1Cl. The molecule has 0 radical (unpaired) electrons. The molecule has 0 saturated carbocycles. The molecule has 2 N–H and O–H groups in total. The molecule has 0 unspecified atom stereocenters. The summed E-state index contributed by atoms with van der Waals surface area (Å²) in [6, 6.07) is 13.7. The van der Waals surface area contributed by atoms with Crippen LogP contribution in [0.5, 0.6) is 0 Å². The number of aromatic carboxylic acids is 1. The maximum absolute atomic E-state index is 13.3. The fourth-order valence-corrected chi connectivity index (χ4v) is 4.86. The number of rotatable bonds is 8. The number of fused-ring (bicyclic) bond motifs is 1. The number of hydrogen-bond acceptors (Lipinski definition) is 6. The van der Waals surface area contributed by atoms with Crippen molar-refractivity contribution >= 4 is 52.0 Å². The number of esters is 1. The Hall–Kier alpha value is -4.41. The van der Waals surface area contributed by atoms with E-state index in [2.05, 4.69) is 5.32 Å². The summed E-state index contributed by atoms with van der Waals surface area (Å²) in [6.45, 7) is 3.36. The van der Waals surface area contributed by atoms with Gasteiger partial charge in [-0.15, -0.1) is 0 Å². The number of hydrogen-bond donors (Lipinski definition) is 2.